The maximum absolute atomic E-state index is 6.19. The molecule has 1 atom stereocenters. The smallest absolute Gasteiger partial charge is 0.104 e. The van der Waals surface area contributed by atoms with Crippen LogP contribution in [0.15, 0.2) is 28.5 Å². The first kappa shape index (κ1) is 11.5. The Morgan fingerprint density at radius 1 is 1.53 bits per heavy atom. The molecule has 1 unspecified atom stereocenters. The summed E-state index contributed by atoms with van der Waals surface area (Å²) in [7, 11) is 0. The SMILES string of the molecule is ClC1CSc2cc(NCCc3cccs3)[nH]c21. The molecule has 0 radical (unpaired) electrons. The number of nitrogens with one attached hydrogen (secondary N) is 2. The van der Waals surface area contributed by atoms with Crippen molar-refractivity contribution >= 4 is 40.5 Å². The van der Waals surface area contributed by atoms with E-state index in [4.69, 9.17) is 11.6 Å². The summed E-state index contributed by atoms with van der Waals surface area (Å²) in [5.41, 5.74) is 1.18. The third-order valence-corrected chi connectivity index (χ3v) is 5.42. The first-order valence-electron chi connectivity index (χ1n) is 5.59. The van der Waals surface area contributed by atoms with Crippen LogP contribution in [0.4, 0.5) is 5.82 Å². The quantitative estimate of drug-likeness (QED) is 0.827. The molecule has 1 aliphatic rings. The molecule has 2 aromatic heterocycles. The van der Waals surface area contributed by atoms with Gasteiger partial charge in [-0.15, -0.1) is 34.7 Å². The maximum atomic E-state index is 6.19. The Kier molecular flexibility index (Phi) is 3.36. The Morgan fingerprint density at radius 2 is 2.47 bits per heavy atom. The Bertz CT molecular complexity index is 493. The number of anilines is 1. The molecule has 2 nitrogen and oxygen atoms in total. The lowest BCUT2D eigenvalue weighted by atomic mass is 10.3. The van der Waals surface area contributed by atoms with Crippen molar-refractivity contribution in [2.45, 2.75) is 16.7 Å². The highest BCUT2D eigenvalue weighted by Gasteiger charge is 2.23. The van der Waals surface area contributed by atoms with Crippen molar-refractivity contribution in [2.75, 3.05) is 17.6 Å². The van der Waals surface area contributed by atoms with Gasteiger partial charge in [-0.2, -0.15) is 0 Å². The van der Waals surface area contributed by atoms with Gasteiger partial charge < -0.3 is 10.3 Å². The van der Waals surface area contributed by atoms with Gasteiger partial charge in [-0.25, -0.2) is 0 Å². The summed E-state index contributed by atoms with van der Waals surface area (Å²) >= 11 is 9.83. The van der Waals surface area contributed by atoms with Crippen LogP contribution in [-0.4, -0.2) is 17.3 Å². The molecule has 0 aromatic carbocycles. The lowest BCUT2D eigenvalue weighted by molar-refractivity contribution is 1.00. The van der Waals surface area contributed by atoms with Gasteiger partial charge in [0.2, 0.25) is 0 Å². The summed E-state index contributed by atoms with van der Waals surface area (Å²) in [6, 6.07) is 6.43. The minimum absolute atomic E-state index is 0.142. The summed E-state index contributed by atoms with van der Waals surface area (Å²) in [5, 5.41) is 5.67. The fourth-order valence-corrected chi connectivity index (χ4v) is 4.10. The number of thioether (sulfide) groups is 1. The van der Waals surface area contributed by atoms with E-state index in [2.05, 4.69) is 33.9 Å². The highest BCUT2D eigenvalue weighted by atomic mass is 35.5. The fraction of sp³-hybridized carbons (Fsp3) is 0.333. The molecule has 0 spiro atoms. The van der Waals surface area contributed by atoms with Crippen molar-refractivity contribution in [3.63, 3.8) is 0 Å². The van der Waals surface area contributed by atoms with E-state index in [-0.39, 0.29) is 5.38 Å². The van der Waals surface area contributed by atoms with Crippen LogP contribution < -0.4 is 5.32 Å². The molecule has 3 heterocycles. The molecule has 0 amide bonds. The standard InChI is InChI=1S/C12H13ClN2S2/c13-9-7-17-10-6-11(15-12(9)10)14-4-3-8-2-1-5-16-8/h1-2,5-6,9,14-15H,3-4,7H2. The second-order valence-corrected chi connectivity index (χ2v) is 6.62. The number of rotatable bonds is 4. The van der Waals surface area contributed by atoms with E-state index in [1.807, 2.05) is 23.1 Å². The van der Waals surface area contributed by atoms with E-state index in [1.165, 1.54) is 15.5 Å². The molecule has 2 aromatic rings. The van der Waals surface area contributed by atoms with Gasteiger partial charge in [0.15, 0.2) is 0 Å². The maximum Gasteiger partial charge on any atom is 0.104 e. The number of aromatic nitrogens is 1. The highest BCUT2D eigenvalue weighted by Crippen LogP contribution is 2.42. The largest absolute Gasteiger partial charge is 0.371 e. The number of fused-ring (bicyclic) bond motifs is 1. The molecule has 1 aliphatic heterocycles. The van der Waals surface area contributed by atoms with E-state index >= 15 is 0 Å². The van der Waals surface area contributed by atoms with Crippen LogP contribution in [0, 0.1) is 0 Å². The van der Waals surface area contributed by atoms with Crippen molar-refractivity contribution < 1.29 is 0 Å². The van der Waals surface area contributed by atoms with Crippen LogP contribution in [0.25, 0.3) is 0 Å². The van der Waals surface area contributed by atoms with Crippen LogP contribution >= 0.6 is 34.7 Å². The zero-order chi connectivity index (χ0) is 11.7. The third-order valence-electron chi connectivity index (χ3n) is 2.78. The summed E-state index contributed by atoms with van der Waals surface area (Å²) in [5.74, 6) is 2.07. The van der Waals surface area contributed by atoms with E-state index in [0.29, 0.717) is 0 Å². The Labute approximate surface area is 114 Å². The van der Waals surface area contributed by atoms with E-state index in [0.717, 1.165) is 24.5 Å². The normalized spacial score (nSPS) is 18.3. The number of halogens is 1. The Balaban J connectivity index is 1.57. The number of hydrogen-bond acceptors (Lipinski definition) is 3. The lowest BCUT2D eigenvalue weighted by Crippen LogP contribution is -2.04. The summed E-state index contributed by atoms with van der Waals surface area (Å²) in [6.45, 7) is 0.956. The van der Waals surface area contributed by atoms with Crippen molar-refractivity contribution in [3.8, 4) is 0 Å². The molecule has 5 heteroatoms. The molecule has 0 bridgehead atoms. The third kappa shape index (κ3) is 2.49. The highest BCUT2D eigenvalue weighted by molar-refractivity contribution is 7.99. The molecule has 90 valence electrons. The minimum Gasteiger partial charge on any atom is -0.371 e. The molecular weight excluding hydrogens is 272 g/mol. The van der Waals surface area contributed by atoms with Gasteiger partial charge in [-0.05, 0) is 23.9 Å². The van der Waals surface area contributed by atoms with Crippen molar-refractivity contribution in [3.05, 3.63) is 34.2 Å². The number of thiophene rings is 1. The first-order valence-corrected chi connectivity index (χ1v) is 7.89. The topological polar surface area (TPSA) is 27.8 Å². The number of H-pyrrole nitrogens is 1. The lowest BCUT2D eigenvalue weighted by Gasteiger charge is -2.03. The monoisotopic (exact) mass is 284 g/mol. The van der Waals surface area contributed by atoms with Crippen LogP contribution in [0.5, 0.6) is 0 Å². The van der Waals surface area contributed by atoms with Gasteiger partial charge in [-0.1, -0.05) is 6.07 Å². The number of aromatic amines is 1. The van der Waals surface area contributed by atoms with E-state index < -0.39 is 0 Å². The van der Waals surface area contributed by atoms with E-state index in [1.54, 1.807) is 0 Å². The zero-order valence-electron chi connectivity index (χ0n) is 9.20. The number of hydrogen-bond donors (Lipinski definition) is 2. The van der Waals surface area contributed by atoms with Crippen LogP contribution in [-0.2, 0) is 6.42 Å². The van der Waals surface area contributed by atoms with Crippen molar-refractivity contribution in [1.82, 2.24) is 4.98 Å². The average molecular weight is 285 g/mol. The molecule has 3 rings (SSSR count). The number of alkyl halides is 1. The second-order valence-electron chi connectivity index (χ2n) is 4.00. The van der Waals surface area contributed by atoms with Crippen LogP contribution in [0.1, 0.15) is 15.9 Å². The summed E-state index contributed by atoms with van der Waals surface area (Å²) in [4.78, 5) is 6.08. The van der Waals surface area contributed by atoms with E-state index in [9.17, 15) is 0 Å². The average Bonchev–Trinajstić information content (AvgIpc) is 2.99. The molecule has 17 heavy (non-hydrogen) atoms. The van der Waals surface area contributed by atoms with Gasteiger partial charge in [-0.3, -0.25) is 0 Å². The molecule has 2 N–H and O–H groups in total. The van der Waals surface area contributed by atoms with Gasteiger partial charge in [0, 0.05) is 27.8 Å². The van der Waals surface area contributed by atoms with Crippen molar-refractivity contribution in [2.24, 2.45) is 0 Å². The predicted octanol–water partition coefficient (Wildman–Crippen LogP) is 4.12. The Morgan fingerprint density at radius 3 is 3.24 bits per heavy atom. The first-order chi connectivity index (χ1) is 8.33. The zero-order valence-corrected chi connectivity index (χ0v) is 11.6. The predicted molar refractivity (Wildman–Crippen MR) is 76.6 cm³/mol. The van der Waals surface area contributed by atoms with Gasteiger partial charge >= 0.3 is 0 Å². The minimum atomic E-state index is 0.142. The fourth-order valence-electron chi connectivity index (χ4n) is 1.92. The van der Waals surface area contributed by atoms with Crippen LogP contribution in [0.3, 0.4) is 0 Å². The summed E-state index contributed by atoms with van der Waals surface area (Å²) in [6.07, 6.45) is 1.07. The molecule has 0 saturated carbocycles. The molecule has 0 saturated heterocycles. The second kappa shape index (κ2) is 4.96. The molecular formula is C12H13ClN2S2. The van der Waals surface area contributed by atoms with Gasteiger partial charge in [0.1, 0.15) is 5.82 Å². The Hall–Kier alpha value is -0.580. The van der Waals surface area contributed by atoms with Gasteiger partial charge in [0.05, 0.1) is 5.38 Å². The molecule has 0 fully saturated rings. The van der Waals surface area contributed by atoms with Gasteiger partial charge in [0.25, 0.3) is 0 Å². The van der Waals surface area contributed by atoms with Crippen LogP contribution in [0.2, 0.25) is 0 Å². The van der Waals surface area contributed by atoms with Crippen molar-refractivity contribution in [1.29, 1.82) is 0 Å². The molecule has 0 aliphatic carbocycles. The summed E-state index contributed by atoms with van der Waals surface area (Å²) < 4.78 is 0.